The molecule has 0 heterocycles. The van der Waals surface area contributed by atoms with Crippen molar-refractivity contribution in [3.8, 4) is 0 Å². The van der Waals surface area contributed by atoms with E-state index in [-0.39, 0.29) is 23.7 Å². The third-order valence-corrected chi connectivity index (χ3v) is 5.46. The number of rotatable bonds is 3. The molecule has 2 aliphatic carbocycles. The zero-order valence-electron chi connectivity index (χ0n) is 12.3. The summed E-state index contributed by atoms with van der Waals surface area (Å²) in [6.45, 7) is 5.09. The molecule has 0 bridgehead atoms. The number of amides is 1. The quantitative estimate of drug-likeness (QED) is 0.839. The zero-order chi connectivity index (χ0) is 13.2. The molecular formula is C15H29ClN2O. The lowest BCUT2D eigenvalue weighted by Crippen LogP contribution is -2.51. The topological polar surface area (TPSA) is 55.1 Å². The first-order valence-electron chi connectivity index (χ1n) is 7.60. The molecule has 2 fully saturated rings. The average Bonchev–Trinajstić information content (AvgIpc) is 2.85. The van der Waals surface area contributed by atoms with E-state index >= 15 is 0 Å². The van der Waals surface area contributed by atoms with Gasteiger partial charge < -0.3 is 11.1 Å². The van der Waals surface area contributed by atoms with Crippen LogP contribution in [0.15, 0.2) is 0 Å². The van der Waals surface area contributed by atoms with Crippen LogP contribution in [0.5, 0.6) is 0 Å². The second-order valence-corrected chi connectivity index (χ2v) is 6.54. The Hall–Kier alpha value is -0.280. The first-order chi connectivity index (χ1) is 8.59. The lowest BCUT2D eigenvalue weighted by atomic mass is 9.77. The standard InChI is InChI=1S/C15H28N2O.ClH/c1-11-6-5-7-13(12(11)2)17-14(18)15(10-16)8-3-4-9-15;/h11-13H,3-10,16H2,1-2H3,(H,17,18);1H. The van der Waals surface area contributed by atoms with Crippen LogP contribution in [0.2, 0.25) is 0 Å². The minimum Gasteiger partial charge on any atom is -0.353 e. The number of carbonyl (C=O) groups excluding carboxylic acids is 1. The van der Waals surface area contributed by atoms with Crippen LogP contribution in [-0.2, 0) is 4.79 Å². The molecule has 2 rings (SSSR count). The molecule has 0 aliphatic heterocycles. The molecule has 3 unspecified atom stereocenters. The molecule has 112 valence electrons. The Morgan fingerprint density at radius 2 is 1.84 bits per heavy atom. The van der Waals surface area contributed by atoms with Gasteiger partial charge in [0.25, 0.3) is 0 Å². The highest BCUT2D eigenvalue weighted by molar-refractivity contribution is 5.85. The predicted octanol–water partition coefficient (Wildman–Crippen LogP) is 2.87. The van der Waals surface area contributed by atoms with Crippen molar-refractivity contribution >= 4 is 18.3 Å². The summed E-state index contributed by atoms with van der Waals surface area (Å²) in [4.78, 5) is 12.5. The Morgan fingerprint density at radius 3 is 2.42 bits per heavy atom. The van der Waals surface area contributed by atoms with Gasteiger partial charge in [0.15, 0.2) is 0 Å². The summed E-state index contributed by atoms with van der Waals surface area (Å²) in [6, 6.07) is 0.366. The molecule has 3 N–H and O–H groups in total. The van der Waals surface area contributed by atoms with E-state index in [2.05, 4.69) is 19.2 Å². The second-order valence-electron chi connectivity index (χ2n) is 6.54. The molecule has 0 aromatic carbocycles. The van der Waals surface area contributed by atoms with E-state index in [1.54, 1.807) is 0 Å². The summed E-state index contributed by atoms with van der Waals surface area (Å²) in [7, 11) is 0. The summed E-state index contributed by atoms with van der Waals surface area (Å²) < 4.78 is 0. The summed E-state index contributed by atoms with van der Waals surface area (Å²) in [5.74, 6) is 1.55. The number of halogens is 1. The van der Waals surface area contributed by atoms with E-state index in [1.807, 2.05) is 0 Å². The van der Waals surface area contributed by atoms with Crippen molar-refractivity contribution in [3.63, 3.8) is 0 Å². The highest BCUT2D eigenvalue weighted by Crippen LogP contribution is 2.38. The Balaban J connectivity index is 0.00000180. The van der Waals surface area contributed by atoms with Gasteiger partial charge in [0.05, 0.1) is 5.41 Å². The lowest BCUT2D eigenvalue weighted by molar-refractivity contribution is -0.131. The SMILES string of the molecule is CC1CCCC(NC(=O)C2(CN)CCCC2)C1C.Cl. The summed E-state index contributed by atoms with van der Waals surface area (Å²) in [5, 5.41) is 3.31. The number of hydrogen-bond donors (Lipinski definition) is 2. The molecule has 0 spiro atoms. The van der Waals surface area contributed by atoms with Gasteiger partial charge in [-0.05, 0) is 31.1 Å². The minimum absolute atomic E-state index is 0. The maximum absolute atomic E-state index is 12.5. The van der Waals surface area contributed by atoms with Crippen molar-refractivity contribution in [1.29, 1.82) is 0 Å². The summed E-state index contributed by atoms with van der Waals surface area (Å²) >= 11 is 0. The third-order valence-electron chi connectivity index (χ3n) is 5.46. The largest absolute Gasteiger partial charge is 0.353 e. The summed E-state index contributed by atoms with van der Waals surface area (Å²) in [6.07, 6.45) is 7.94. The molecular weight excluding hydrogens is 260 g/mol. The Morgan fingerprint density at radius 1 is 1.21 bits per heavy atom. The van der Waals surface area contributed by atoms with Gasteiger partial charge in [-0.2, -0.15) is 0 Å². The molecule has 0 saturated heterocycles. The third kappa shape index (κ3) is 3.43. The van der Waals surface area contributed by atoms with Crippen LogP contribution >= 0.6 is 12.4 Å². The Kier molecular flexibility index (Phi) is 6.13. The van der Waals surface area contributed by atoms with Crippen molar-refractivity contribution in [2.75, 3.05) is 6.54 Å². The van der Waals surface area contributed by atoms with Crippen molar-refractivity contribution < 1.29 is 4.79 Å². The number of nitrogens with two attached hydrogens (primary N) is 1. The molecule has 0 radical (unpaired) electrons. The molecule has 1 amide bonds. The second kappa shape index (κ2) is 6.94. The van der Waals surface area contributed by atoms with E-state index in [9.17, 15) is 4.79 Å². The molecule has 3 nitrogen and oxygen atoms in total. The number of hydrogen-bond acceptors (Lipinski definition) is 2. The van der Waals surface area contributed by atoms with E-state index in [0.717, 1.165) is 38.0 Å². The Labute approximate surface area is 123 Å². The average molecular weight is 289 g/mol. The van der Waals surface area contributed by atoms with Gasteiger partial charge in [-0.25, -0.2) is 0 Å². The Bertz CT molecular complexity index is 303. The van der Waals surface area contributed by atoms with Gasteiger partial charge in [-0.1, -0.05) is 39.5 Å². The van der Waals surface area contributed by atoms with E-state index in [4.69, 9.17) is 5.73 Å². The zero-order valence-corrected chi connectivity index (χ0v) is 13.1. The van der Waals surface area contributed by atoms with E-state index < -0.39 is 0 Å². The van der Waals surface area contributed by atoms with E-state index in [1.165, 1.54) is 12.8 Å². The molecule has 4 heteroatoms. The van der Waals surface area contributed by atoms with Crippen LogP contribution in [0.25, 0.3) is 0 Å². The fourth-order valence-corrected chi connectivity index (χ4v) is 3.68. The van der Waals surface area contributed by atoms with Gasteiger partial charge in [-0.3, -0.25) is 4.79 Å². The highest BCUT2D eigenvalue weighted by atomic mass is 35.5. The maximum atomic E-state index is 12.5. The molecule has 0 aromatic heterocycles. The van der Waals surface area contributed by atoms with Crippen LogP contribution in [-0.4, -0.2) is 18.5 Å². The number of carbonyl (C=O) groups is 1. The first-order valence-corrected chi connectivity index (χ1v) is 7.60. The van der Waals surface area contributed by atoms with Crippen LogP contribution in [0, 0.1) is 17.3 Å². The fraction of sp³-hybridized carbons (Fsp3) is 0.933. The lowest BCUT2D eigenvalue weighted by Gasteiger charge is -2.37. The van der Waals surface area contributed by atoms with Gasteiger partial charge in [0.2, 0.25) is 5.91 Å². The van der Waals surface area contributed by atoms with E-state index in [0.29, 0.717) is 18.5 Å². The first kappa shape index (κ1) is 16.8. The van der Waals surface area contributed by atoms with Crippen molar-refractivity contribution in [2.24, 2.45) is 23.0 Å². The molecule has 19 heavy (non-hydrogen) atoms. The fourth-order valence-electron chi connectivity index (χ4n) is 3.68. The normalized spacial score (nSPS) is 33.5. The molecule has 0 aromatic rings. The van der Waals surface area contributed by atoms with Gasteiger partial charge in [-0.15, -0.1) is 12.4 Å². The van der Waals surface area contributed by atoms with Crippen LogP contribution < -0.4 is 11.1 Å². The molecule has 2 saturated carbocycles. The van der Waals surface area contributed by atoms with Crippen molar-refractivity contribution in [1.82, 2.24) is 5.32 Å². The maximum Gasteiger partial charge on any atom is 0.227 e. The van der Waals surface area contributed by atoms with Gasteiger partial charge in [0.1, 0.15) is 0 Å². The van der Waals surface area contributed by atoms with Crippen LogP contribution in [0.3, 0.4) is 0 Å². The van der Waals surface area contributed by atoms with Gasteiger partial charge in [0, 0.05) is 12.6 Å². The highest BCUT2D eigenvalue weighted by Gasteiger charge is 2.41. The van der Waals surface area contributed by atoms with Gasteiger partial charge >= 0.3 is 0 Å². The van der Waals surface area contributed by atoms with Crippen molar-refractivity contribution in [2.45, 2.75) is 64.8 Å². The molecule has 2 aliphatic rings. The summed E-state index contributed by atoms with van der Waals surface area (Å²) in [5.41, 5.74) is 5.63. The van der Waals surface area contributed by atoms with Crippen LogP contribution in [0.1, 0.15) is 58.8 Å². The number of nitrogens with one attached hydrogen (secondary N) is 1. The van der Waals surface area contributed by atoms with Crippen LogP contribution in [0.4, 0.5) is 0 Å². The minimum atomic E-state index is -0.250. The smallest absolute Gasteiger partial charge is 0.227 e. The monoisotopic (exact) mass is 288 g/mol. The van der Waals surface area contributed by atoms with Crippen molar-refractivity contribution in [3.05, 3.63) is 0 Å². The molecule has 3 atom stereocenters. The predicted molar refractivity (Wildman–Crippen MR) is 81.3 cm³/mol.